The number of halogens is 1. The van der Waals surface area contributed by atoms with E-state index < -0.39 is 45.7 Å². The summed E-state index contributed by atoms with van der Waals surface area (Å²) in [6.45, 7) is 2.72. The van der Waals surface area contributed by atoms with Crippen LogP contribution in [0.1, 0.15) is 51.4 Å². The fourth-order valence-corrected chi connectivity index (χ4v) is 15.6. The first-order chi connectivity index (χ1) is 12.2. The molecule has 0 aromatic heterocycles. The Labute approximate surface area is 164 Å². The van der Waals surface area contributed by atoms with Crippen LogP contribution in [0.15, 0.2) is 0 Å². The van der Waals surface area contributed by atoms with E-state index >= 15 is 0 Å². The van der Waals surface area contributed by atoms with Crippen molar-refractivity contribution in [2.45, 2.75) is 77.2 Å². The normalized spacial score (nSPS) is 52.2. The molecule has 4 spiro atoms. The van der Waals surface area contributed by atoms with Gasteiger partial charge in [0.05, 0.1) is 0 Å². The molecule has 1 saturated carbocycles. The molecule has 0 amide bonds. The van der Waals surface area contributed by atoms with Gasteiger partial charge in [-0.25, -0.2) is 0 Å². The van der Waals surface area contributed by atoms with E-state index in [0.29, 0.717) is 26.4 Å². The average molecular weight is 557 g/mol. The van der Waals surface area contributed by atoms with E-state index in [2.05, 4.69) is 0 Å². The van der Waals surface area contributed by atoms with Crippen LogP contribution in [0.25, 0.3) is 0 Å². The molecule has 0 unspecified atom stereocenters. The number of ether oxygens (including phenoxy) is 4. The molecule has 0 bridgehead atoms. The van der Waals surface area contributed by atoms with Gasteiger partial charge in [0.15, 0.2) is 0 Å². The van der Waals surface area contributed by atoms with Crippen molar-refractivity contribution in [1.82, 2.24) is 0 Å². The molecule has 4 heterocycles. The van der Waals surface area contributed by atoms with Crippen molar-refractivity contribution in [1.29, 1.82) is 0 Å². The molecule has 0 N–H and O–H groups in total. The van der Waals surface area contributed by atoms with Gasteiger partial charge >= 0.3 is 165 Å². The predicted octanol–water partition coefficient (Wildman–Crippen LogP) is 2.79. The molecule has 4 saturated heterocycles. The second-order valence-corrected chi connectivity index (χ2v) is 15.3. The van der Waals surface area contributed by atoms with E-state index in [9.17, 15) is 4.79 Å². The summed E-state index contributed by atoms with van der Waals surface area (Å²) in [6, 6.07) is 0. The van der Waals surface area contributed by atoms with Gasteiger partial charge in [-0.15, -0.1) is 0 Å². The molecular formula is C18H25ClHgO5. The number of Topliss-reactive ketones (excluding diaryl/α,β-unsaturated/α-hetero) is 1. The quantitative estimate of drug-likeness (QED) is 0.465. The third kappa shape index (κ3) is 1.91. The van der Waals surface area contributed by atoms with Gasteiger partial charge < -0.3 is 0 Å². The number of hydrogen-bond acceptors (Lipinski definition) is 5. The first-order valence-electron chi connectivity index (χ1n) is 9.84. The van der Waals surface area contributed by atoms with Crippen molar-refractivity contribution < 1.29 is 47.1 Å². The molecule has 0 radical (unpaired) electrons. The number of hydrogen-bond donors (Lipinski definition) is 0. The fraction of sp³-hybridized carbons (Fsp3) is 0.944. The standard InChI is InChI=1S/C18H25O5.ClH.Hg/c19-14-13-15(5-1-9-20-15)17(7-3-11-22-17)18(8-4-12-23-18)16(14)6-2-10-21-16;;/h13H,1-12H2;1H;/q;;+1/p-1/t15-,16-,17-,18-;;/m0../s1. The van der Waals surface area contributed by atoms with Crippen LogP contribution in [0.3, 0.4) is 0 Å². The maximum absolute atomic E-state index is 13.9. The van der Waals surface area contributed by atoms with E-state index in [1.54, 1.807) is 0 Å². The molecule has 0 aromatic rings. The van der Waals surface area contributed by atoms with Crippen molar-refractivity contribution in [3.63, 3.8) is 0 Å². The van der Waals surface area contributed by atoms with Crippen LogP contribution in [0.5, 0.6) is 0 Å². The van der Waals surface area contributed by atoms with Crippen LogP contribution < -0.4 is 0 Å². The van der Waals surface area contributed by atoms with E-state index in [4.69, 9.17) is 27.2 Å². The van der Waals surface area contributed by atoms with Crippen LogP contribution >= 0.6 is 8.25 Å². The Bertz CT molecular complexity index is 558. The predicted molar refractivity (Wildman–Crippen MR) is 86.3 cm³/mol. The van der Waals surface area contributed by atoms with Gasteiger partial charge in [-0.2, -0.15) is 0 Å². The summed E-state index contributed by atoms with van der Waals surface area (Å²) in [5, 5.41) is 0. The van der Waals surface area contributed by atoms with Crippen LogP contribution in [0, 0.1) is 0 Å². The summed E-state index contributed by atoms with van der Waals surface area (Å²) < 4.78 is 25.8. The van der Waals surface area contributed by atoms with Crippen molar-refractivity contribution in [2.75, 3.05) is 26.4 Å². The molecule has 5 atom stereocenters. The molecule has 5 rings (SSSR count). The average Bonchev–Trinajstić information content (AvgIpc) is 3.41. The minimum absolute atomic E-state index is 0.164. The molecule has 7 heteroatoms. The van der Waals surface area contributed by atoms with Crippen molar-refractivity contribution in [3.05, 3.63) is 0 Å². The van der Waals surface area contributed by atoms with Gasteiger partial charge in [0.25, 0.3) is 0 Å². The van der Waals surface area contributed by atoms with E-state index in [1.165, 1.54) is 0 Å². The van der Waals surface area contributed by atoms with Crippen LogP contribution in [0.2, 0.25) is 3.43 Å². The molecule has 5 fully saturated rings. The van der Waals surface area contributed by atoms with Gasteiger partial charge in [-0.05, 0) is 0 Å². The number of carbonyl (C=O) groups is 1. The second kappa shape index (κ2) is 6.12. The minimum atomic E-state index is -1.99. The van der Waals surface area contributed by atoms with Gasteiger partial charge in [-0.3, -0.25) is 0 Å². The topological polar surface area (TPSA) is 54.0 Å². The Hall–Kier alpha value is 0.735. The van der Waals surface area contributed by atoms with Gasteiger partial charge in [0, 0.05) is 0 Å². The Morgan fingerprint density at radius 2 is 1.40 bits per heavy atom. The summed E-state index contributed by atoms with van der Waals surface area (Å²) in [5.74, 6) is 0.201. The number of ketones is 1. The molecule has 25 heavy (non-hydrogen) atoms. The summed E-state index contributed by atoms with van der Waals surface area (Å²) in [6.07, 6.45) is 7.17. The second-order valence-electron chi connectivity index (χ2n) is 8.25. The molecule has 1 aliphatic carbocycles. The SMILES string of the molecule is O=C1[C@H]([Hg][Cl])[C@@]2(CCCO2)[C@@]2(CCCO2)[C@]2(CCCO2)[C@]12CCCO2. The third-order valence-corrected chi connectivity index (χ3v) is 15.4. The first kappa shape index (κ1) is 17.8. The maximum atomic E-state index is 13.9. The van der Waals surface area contributed by atoms with E-state index in [1.807, 2.05) is 0 Å². The number of rotatable bonds is 1. The Morgan fingerprint density at radius 1 is 0.800 bits per heavy atom. The third-order valence-electron chi connectivity index (χ3n) is 7.54. The van der Waals surface area contributed by atoms with E-state index in [-0.39, 0.29) is 9.21 Å². The van der Waals surface area contributed by atoms with Gasteiger partial charge in [0.2, 0.25) is 0 Å². The Morgan fingerprint density at radius 3 is 1.92 bits per heavy atom. The summed E-state index contributed by atoms with van der Waals surface area (Å²) in [7, 11) is 6.63. The molecule has 136 valence electrons. The van der Waals surface area contributed by atoms with Crippen LogP contribution in [-0.2, 0) is 47.1 Å². The monoisotopic (exact) mass is 558 g/mol. The number of fused-ring (bicyclic) bond motifs is 3. The summed E-state index contributed by atoms with van der Waals surface area (Å²) >= 11 is -1.99. The van der Waals surface area contributed by atoms with Crippen molar-refractivity contribution >= 4 is 14.0 Å². The fourth-order valence-electron chi connectivity index (χ4n) is 6.81. The molecule has 4 aliphatic heterocycles. The summed E-state index contributed by atoms with van der Waals surface area (Å²) in [5.41, 5.74) is -2.67. The zero-order valence-corrected chi connectivity index (χ0v) is 20.9. The molecular weight excluding hydrogens is 532 g/mol. The van der Waals surface area contributed by atoms with Crippen molar-refractivity contribution in [2.24, 2.45) is 0 Å². The zero-order chi connectivity index (χ0) is 17.2. The molecule has 5 nitrogen and oxygen atoms in total. The van der Waals surface area contributed by atoms with E-state index in [0.717, 1.165) is 51.4 Å². The van der Waals surface area contributed by atoms with Crippen LogP contribution in [-0.4, -0.2) is 54.6 Å². The van der Waals surface area contributed by atoms with Gasteiger partial charge in [-0.1, -0.05) is 0 Å². The van der Waals surface area contributed by atoms with Crippen LogP contribution in [0.4, 0.5) is 0 Å². The molecule has 5 aliphatic rings. The zero-order valence-electron chi connectivity index (χ0n) is 14.7. The van der Waals surface area contributed by atoms with Gasteiger partial charge in [0.1, 0.15) is 0 Å². The Balaban J connectivity index is 1.77. The first-order valence-corrected chi connectivity index (χ1v) is 19.8. The summed E-state index contributed by atoms with van der Waals surface area (Å²) in [4.78, 5) is 13.9. The number of carbonyl (C=O) groups excluding carboxylic acids is 1. The Kier molecular flexibility index (Phi) is 4.36. The molecule has 0 aromatic carbocycles. The van der Waals surface area contributed by atoms with Crippen molar-refractivity contribution in [3.8, 4) is 0 Å².